The van der Waals surface area contributed by atoms with Gasteiger partial charge in [-0.25, -0.2) is 4.39 Å². The van der Waals surface area contributed by atoms with E-state index in [1.807, 2.05) is 25.1 Å². The van der Waals surface area contributed by atoms with Crippen LogP contribution in [0.3, 0.4) is 0 Å². The molecule has 1 N–H and O–H groups in total. The van der Waals surface area contributed by atoms with E-state index in [-0.39, 0.29) is 17.8 Å². The molecule has 0 aliphatic carbocycles. The number of nitrogens with one attached hydrogen (secondary N) is 1. The summed E-state index contributed by atoms with van der Waals surface area (Å²) < 4.78 is 12.8. The van der Waals surface area contributed by atoms with E-state index >= 15 is 0 Å². The van der Waals surface area contributed by atoms with Crippen LogP contribution < -0.4 is 5.32 Å². The highest BCUT2D eigenvalue weighted by atomic mass is 19.1. The molecule has 0 saturated heterocycles. The van der Waals surface area contributed by atoms with E-state index in [0.717, 1.165) is 18.4 Å². The maximum Gasteiger partial charge on any atom is 0.244 e. The van der Waals surface area contributed by atoms with Gasteiger partial charge in [-0.15, -0.1) is 0 Å². The van der Waals surface area contributed by atoms with Gasteiger partial charge in [0.2, 0.25) is 5.91 Å². The van der Waals surface area contributed by atoms with Gasteiger partial charge in [0.1, 0.15) is 5.82 Å². The Balaban J connectivity index is 1.77. The van der Waals surface area contributed by atoms with Crippen molar-refractivity contribution >= 4 is 12.0 Å². The maximum atomic E-state index is 12.8. The van der Waals surface area contributed by atoms with E-state index in [0.29, 0.717) is 0 Å². The molecule has 2 aromatic rings. The van der Waals surface area contributed by atoms with E-state index in [1.54, 1.807) is 18.2 Å². The molecular formula is C19H20FNO. The van der Waals surface area contributed by atoms with Gasteiger partial charge in [0.05, 0.1) is 0 Å². The zero-order valence-electron chi connectivity index (χ0n) is 12.6. The SMILES string of the molecule is C[C@@H](CCc1ccccc1)NC(=O)/C=C/c1ccc(F)cc1. The van der Waals surface area contributed by atoms with E-state index in [1.165, 1.54) is 23.8 Å². The fourth-order valence-electron chi connectivity index (χ4n) is 2.14. The van der Waals surface area contributed by atoms with Gasteiger partial charge >= 0.3 is 0 Å². The topological polar surface area (TPSA) is 29.1 Å². The number of rotatable bonds is 6. The minimum atomic E-state index is -0.281. The summed E-state index contributed by atoms with van der Waals surface area (Å²) in [5, 5.41) is 2.93. The quantitative estimate of drug-likeness (QED) is 0.803. The van der Waals surface area contributed by atoms with Crippen molar-refractivity contribution in [2.24, 2.45) is 0 Å². The van der Waals surface area contributed by atoms with Crippen molar-refractivity contribution in [3.05, 3.63) is 77.6 Å². The predicted molar refractivity (Wildman–Crippen MR) is 87.8 cm³/mol. The standard InChI is InChI=1S/C19H20FNO/c1-15(7-8-16-5-3-2-4-6-16)21-19(22)14-11-17-9-12-18(20)13-10-17/h2-6,9-15H,7-8H2,1H3,(H,21,22)/b14-11+/t15-/m0/s1. The number of aryl methyl sites for hydroxylation is 1. The van der Waals surface area contributed by atoms with Crippen LogP contribution in [-0.2, 0) is 11.2 Å². The predicted octanol–water partition coefficient (Wildman–Crippen LogP) is 3.98. The van der Waals surface area contributed by atoms with Crippen LogP contribution in [-0.4, -0.2) is 11.9 Å². The number of halogens is 1. The summed E-state index contributed by atoms with van der Waals surface area (Å²) in [5.74, 6) is -0.416. The third kappa shape index (κ3) is 5.52. The molecule has 0 aromatic heterocycles. The molecule has 0 aliphatic rings. The fraction of sp³-hybridized carbons (Fsp3) is 0.211. The second-order valence-electron chi connectivity index (χ2n) is 5.32. The molecule has 0 bridgehead atoms. The second-order valence-corrected chi connectivity index (χ2v) is 5.32. The highest BCUT2D eigenvalue weighted by molar-refractivity contribution is 5.91. The van der Waals surface area contributed by atoms with Crippen molar-refractivity contribution < 1.29 is 9.18 Å². The molecule has 0 unspecified atom stereocenters. The number of carbonyl (C=O) groups is 1. The van der Waals surface area contributed by atoms with Gasteiger partial charge in [0, 0.05) is 12.1 Å². The van der Waals surface area contributed by atoms with Gasteiger partial charge in [-0.05, 0) is 49.1 Å². The summed E-state index contributed by atoms with van der Waals surface area (Å²) in [7, 11) is 0. The third-order valence-corrected chi connectivity index (χ3v) is 3.39. The molecule has 0 spiro atoms. The maximum absolute atomic E-state index is 12.8. The molecule has 1 amide bonds. The molecule has 0 fully saturated rings. The van der Waals surface area contributed by atoms with Gasteiger partial charge in [0.25, 0.3) is 0 Å². The minimum Gasteiger partial charge on any atom is -0.350 e. The molecular weight excluding hydrogens is 277 g/mol. The highest BCUT2D eigenvalue weighted by Crippen LogP contribution is 2.06. The third-order valence-electron chi connectivity index (χ3n) is 3.39. The summed E-state index contributed by atoms with van der Waals surface area (Å²) in [4.78, 5) is 11.8. The summed E-state index contributed by atoms with van der Waals surface area (Å²) in [6.07, 6.45) is 4.98. The lowest BCUT2D eigenvalue weighted by Gasteiger charge is -2.12. The summed E-state index contributed by atoms with van der Waals surface area (Å²) in [6, 6.07) is 16.3. The van der Waals surface area contributed by atoms with Crippen LogP contribution >= 0.6 is 0 Å². The average molecular weight is 297 g/mol. The molecule has 22 heavy (non-hydrogen) atoms. The van der Waals surface area contributed by atoms with Crippen LogP contribution in [0.1, 0.15) is 24.5 Å². The monoisotopic (exact) mass is 297 g/mol. The Bertz CT molecular complexity index is 620. The zero-order chi connectivity index (χ0) is 15.8. The Labute approximate surface area is 130 Å². The average Bonchev–Trinajstić information content (AvgIpc) is 2.53. The number of benzene rings is 2. The minimum absolute atomic E-state index is 0.102. The van der Waals surface area contributed by atoms with Crippen molar-refractivity contribution in [3.63, 3.8) is 0 Å². The summed E-state index contributed by atoms with van der Waals surface area (Å²) in [5.41, 5.74) is 2.07. The molecule has 3 heteroatoms. The lowest BCUT2D eigenvalue weighted by atomic mass is 10.1. The first-order valence-electron chi connectivity index (χ1n) is 7.41. The Hall–Kier alpha value is -2.42. The Morgan fingerprint density at radius 1 is 1.14 bits per heavy atom. The van der Waals surface area contributed by atoms with Crippen molar-refractivity contribution in [2.45, 2.75) is 25.8 Å². The first-order valence-corrected chi connectivity index (χ1v) is 7.41. The Morgan fingerprint density at radius 3 is 2.50 bits per heavy atom. The van der Waals surface area contributed by atoms with Crippen LogP contribution in [0, 0.1) is 5.82 Å². The number of hydrogen-bond donors (Lipinski definition) is 1. The number of hydrogen-bond acceptors (Lipinski definition) is 1. The molecule has 2 nitrogen and oxygen atoms in total. The van der Waals surface area contributed by atoms with Crippen molar-refractivity contribution in [2.75, 3.05) is 0 Å². The summed E-state index contributed by atoms with van der Waals surface area (Å²) >= 11 is 0. The Morgan fingerprint density at radius 2 is 1.82 bits per heavy atom. The molecule has 114 valence electrons. The van der Waals surface area contributed by atoms with Crippen molar-refractivity contribution in [3.8, 4) is 0 Å². The second kappa shape index (κ2) is 8.13. The molecule has 0 aliphatic heterocycles. The van der Waals surface area contributed by atoms with Crippen LogP contribution in [0.5, 0.6) is 0 Å². The van der Waals surface area contributed by atoms with Crippen molar-refractivity contribution in [1.29, 1.82) is 0 Å². The number of carbonyl (C=O) groups excluding carboxylic acids is 1. The first-order chi connectivity index (χ1) is 10.6. The Kier molecular flexibility index (Phi) is 5.90. The largest absolute Gasteiger partial charge is 0.350 e. The normalized spacial score (nSPS) is 12.3. The molecule has 1 atom stereocenters. The fourth-order valence-corrected chi connectivity index (χ4v) is 2.14. The van der Waals surface area contributed by atoms with Crippen LogP contribution in [0.15, 0.2) is 60.7 Å². The molecule has 2 rings (SSSR count). The van der Waals surface area contributed by atoms with Gasteiger partial charge in [-0.2, -0.15) is 0 Å². The lowest BCUT2D eigenvalue weighted by Crippen LogP contribution is -2.31. The molecule has 0 heterocycles. The van der Waals surface area contributed by atoms with E-state index in [4.69, 9.17) is 0 Å². The highest BCUT2D eigenvalue weighted by Gasteiger charge is 2.05. The molecule has 0 radical (unpaired) electrons. The zero-order valence-corrected chi connectivity index (χ0v) is 12.6. The van der Waals surface area contributed by atoms with Gasteiger partial charge in [-0.3, -0.25) is 4.79 Å². The van der Waals surface area contributed by atoms with Gasteiger partial charge < -0.3 is 5.32 Å². The van der Waals surface area contributed by atoms with E-state index in [2.05, 4.69) is 17.4 Å². The van der Waals surface area contributed by atoms with Crippen molar-refractivity contribution in [1.82, 2.24) is 5.32 Å². The van der Waals surface area contributed by atoms with Gasteiger partial charge in [-0.1, -0.05) is 42.5 Å². The number of amides is 1. The van der Waals surface area contributed by atoms with Crippen LogP contribution in [0.4, 0.5) is 4.39 Å². The van der Waals surface area contributed by atoms with E-state index in [9.17, 15) is 9.18 Å². The van der Waals surface area contributed by atoms with E-state index < -0.39 is 0 Å². The lowest BCUT2D eigenvalue weighted by molar-refractivity contribution is -0.117. The van der Waals surface area contributed by atoms with Gasteiger partial charge in [0.15, 0.2) is 0 Å². The summed E-state index contributed by atoms with van der Waals surface area (Å²) in [6.45, 7) is 1.99. The van der Waals surface area contributed by atoms with Crippen LogP contribution in [0.25, 0.3) is 6.08 Å². The molecule has 2 aromatic carbocycles. The molecule has 0 saturated carbocycles. The first kappa shape index (κ1) is 16.0. The van der Waals surface area contributed by atoms with Crippen LogP contribution in [0.2, 0.25) is 0 Å². The smallest absolute Gasteiger partial charge is 0.244 e.